The third kappa shape index (κ3) is 5.22. The van der Waals surface area contributed by atoms with Gasteiger partial charge in [-0.1, -0.05) is 30.3 Å². The summed E-state index contributed by atoms with van der Waals surface area (Å²) in [6.45, 7) is 2.62. The van der Waals surface area contributed by atoms with Gasteiger partial charge in [-0.25, -0.2) is 12.7 Å². The summed E-state index contributed by atoms with van der Waals surface area (Å²) in [7, 11) is -1.99. The fraction of sp³-hybridized carbons (Fsp3) is 0.458. The van der Waals surface area contributed by atoms with Crippen molar-refractivity contribution >= 4 is 16.0 Å². The van der Waals surface area contributed by atoms with Crippen molar-refractivity contribution in [2.24, 2.45) is 5.92 Å². The Morgan fingerprint density at radius 2 is 1.88 bits per heavy atom. The molecule has 2 saturated heterocycles. The number of ether oxygens (including phenoxy) is 2. The molecule has 9 heteroatoms. The van der Waals surface area contributed by atoms with Crippen LogP contribution in [0.3, 0.4) is 0 Å². The lowest BCUT2D eigenvalue weighted by atomic mass is 10.0. The summed E-state index contributed by atoms with van der Waals surface area (Å²) >= 11 is 0. The highest BCUT2D eigenvalue weighted by Crippen LogP contribution is 2.37. The van der Waals surface area contributed by atoms with Crippen LogP contribution in [0, 0.1) is 5.92 Å². The summed E-state index contributed by atoms with van der Waals surface area (Å²) < 4.78 is 39.8. The zero-order chi connectivity index (χ0) is 23.4. The molecule has 33 heavy (non-hydrogen) atoms. The summed E-state index contributed by atoms with van der Waals surface area (Å²) in [5.41, 5.74) is 0.788. The van der Waals surface area contributed by atoms with Crippen LogP contribution in [0.15, 0.2) is 54.6 Å². The zero-order valence-corrected chi connectivity index (χ0v) is 19.7. The molecule has 2 heterocycles. The van der Waals surface area contributed by atoms with E-state index in [1.807, 2.05) is 54.6 Å². The van der Waals surface area contributed by atoms with E-state index in [-0.39, 0.29) is 25.7 Å². The molecule has 0 unspecified atom stereocenters. The molecule has 0 N–H and O–H groups in total. The van der Waals surface area contributed by atoms with E-state index < -0.39 is 27.2 Å². The number of carbonyl (C=O) groups excluding carboxylic acids is 1. The Balaban J connectivity index is 1.56. The first-order valence-electron chi connectivity index (χ1n) is 11.2. The van der Waals surface area contributed by atoms with E-state index in [2.05, 4.69) is 0 Å². The number of rotatable bonds is 7. The molecule has 2 aliphatic rings. The molecular formula is C24H30N2O6S. The van der Waals surface area contributed by atoms with E-state index >= 15 is 0 Å². The summed E-state index contributed by atoms with van der Waals surface area (Å²) in [6, 6.07) is 16.3. The predicted octanol–water partition coefficient (Wildman–Crippen LogP) is 3.37. The fourth-order valence-electron chi connectivity index (χ4n) is 4.47. The van der Waals surface area contributed by atoms with Gasteiger partial charge in [0.1, 0.15) is 16.7 Å². The Morgan fingerprint density at radius 3 is 2.64 bits per heavy atom. The van der Waals surface area contributed by atoms with Gasteiger partial charge in [-0.05, 0) is 49.6 Å². The second-order valence-electron chi connectivity index (χ2n) is 8.31. The topological polar surface area (TPSA) is 85.4 Å². The van der Waals surface area contributed by atoms with Crippen LogP contribution in [0.1, 0.15) is 31.4 Å². The molecule has 3 atom stereocenters. The molecule has 0 saturated carbocycles. The van der Waals surface area contributed by atoms with Crippen molar-refractivity contribution in [3.8, 4) is 11.5 Å². The van der Waals surface area contributed by atoms with E-state index in [4.69, 9.17) is 14.3 Å². The van der Waals surface area contributed by atoms with Gasteiger partial charge in [0.15, 0.2) is 0 Å². The lowest BCUT2D eigenvalue weighted by Gasteiger charge is -2.34. The van der Waals surface area contributed by atoms with Crippen molar-refractivity contribution in [3.63, 3.8) is 0 Å². The number of hydrogen-bond acceptors (Lipinski definition) is 7. The molecule has 0 spiro atoms. The zero-order valence-electron chi connectivity index (χ0n) is 18.9. The quantitative estimate of drug-likeness (QED) is 0.569. The average molecular weight is 475 g/mol. The normalized spacial score (nSPS) is 24.5. The van der Waals surface area contributed by atoms with Gasteiger partial charge < -0.3 is 9.47 Å². The Morgan fingerprint density at radius 1 is 1.12 bits per heavy atom. The van der Waals surface area contributed by atoms with Crippen LogP contribution in [-0.4, -0.2) is 62.4 Å². The van der Waals surface area contributed by atoms with E-state index in [1.165, 1.54) is 4.31 Å². The monoisotopic (exact) mass is 474 g/mol. The molecule has 2 aromatic rings. The number of piperidine rings is 1. The van der Waals surface area contributed by atoms with Gasteiger partial charge in [0, 0.05) is 20.1 Å². The van der Waals surface area contributed by atoms with Crippen LogP contribution >= 0.6 is 0 Å². The van der Waals surface area contributed by atoms with E-state index in [1.54, 1.807) is 19.0 Å². The molecule has 0 aliphatic carbocycles. The first-order valence-corrected chi connectivity index (χ1v) is 12.7. The minimum Gasteiger partial charge on any atom is -0.466 e. The van der Waals surface area contributed by atoms with Crippen LogP contribution in [0.25, 0.3) is 0 Å². The highest BCUT2D eigenvalue weighted by molar-refractivity contribution is 7.89. The minimum absolute atomic E-state index is 0.0494. The summed E-state index contributed by atoms with van der Waals surface area (Å²) in [5, 5.41) is 0.798. The second-order valence-corrected chi connectivity index (χ2v) is 10.5. The van der Waals surface area contributed by atoms with E-state index in [0.29, 0.717) is 30.9 Å². The Bertz CT molecular complexity index is 1060. The van der Waals surface area contributed by atoms with Crippen LogP contribution in [0.2, 0.25) is 0 Å². The van der Waals surface area contributed by atoms with E-state index in [0.717, 1.165) is 5.56 Å². The molecule has 2 aliphatic heterocycles. The second kappa shape index (κ2) is 10.2. The molecule has 2 aromatic carbocycles. The fourth-order valence-corrected chi connectivity index (χ4v) is 6.52. The largest absolute Gasteiger partial charge is 0.466 e. The summed E-state index contributed by atoms with van der Waals surface area (Å²) in [6.07, 6.45) is 1.26. The standard InChI is InChI=1S/C24H30N2O6S/c1-3-30-24(27)19-10-8-14-26(16-19)33(28,29)22-17-31-25(2)23(22)18-9-7-13-21(15-18)32-20-11-5-4-6-12-20/h4-7,9,11-13,15,19,22-23H,3,8,10,14,16-17H2,1-2H3/t19-,22-,23-/m1/s1. The van der Waals surface area contributed by atoms with Gasteiger partial charge in [-0.15, -0.1) is 0 Å². The molecule has 8 nitrogen and oxygen atoms in total. The highest BCUT2D eigenvalue weighted by atomic mass is 32.2. The maximum Gasteiger partial charge on any atom is 0.310 e. The van der Waals surface area contributed by atoms with Crippen molar-refractivity contribution in [2.45, 2.75) is 31.1 Å². The van der Waals surface area contributed by atoms with Crippen LogP contribution < -0.4 is 4.74 Å². The molecule has 0 aromatic heterocycles. The molecule has 178 valence electrons. The number of hydrogen-bond donors (Lipinski definition) is 0. The number of hydroxylamine groups is 2. The molecule has 2 fully saturated rings. The maximum atomic E-state index is 13.7. The lowest BCUT2D eigenvalue weighted by molar-refractivity contribution is -0.149. The average Bonchev–Trinajstić information content (AvgIpc) is 3.22. The summed E-state index contributed by atoms with van der Waals surface area (Å²) in [4.78, 5) is 17.9. The number of carbonyl (C=O) groups is 1. The van der Waals surface area contributed by atoms with Crippen molar-refractivity contribution in [1.82, 2.24) is 9.37 Å². The van der Waals surface area contributed by atoms with Crippen molar-refractivity contribution in [3.05, 3.63) is 60.2 Å². The van der Waals surface area contributed by atoms with Gasteiger partial charge in [0.05, 0.1) is 25.2 Å². The van der Waals surface area contributed by atoms with Gasteiger partial charge in [0.25, 0.3) is 0 Å². The number of nitrogens with zero attached hydrogens (tertiary/aromatic N) is 2. The van der Waals surface area contributed by atoms with Gasteiger partial charge in [-0.3, -0.25) is 9.63 Å². The first kappa shape index (κ1) is 23.7. The molecule has 0 radical (unpaired) electrons. The van der Waals surface area contributed by atoms with Crippen molar-refractivity contribution in [2.75, 3.05) is 33.4 Å². The third-order valence-corrected chi connectivity index (χ3v) is 8.32. The SMILES string of the molecule is CCOC(=O)[C@@H]1CCCN(S(=O)(=O)[C@@H]2CON(C)[C@@H]2c2cccc(Oc3ccccc3)c2)C1. The number of benzene rings is 2. The first-order chi connectivity index (χ1) is 15.9. The number of para-hydroxylation sites is 1. The number of sulfonamides is 1. The van der Waals surface area contributed by atoms with Gasteiger partial charge >= 0.3 is 5.97 Å². The van der Waals surface area contributed by atoms with Crippen molar-refractivity contribution < 1.29 is 27.5 Å². The Hall–Kier alpha value is -2.46. The van der Waals surface area contributed by atoms with Gasteiger partial charge in [-0.2, -0.15) is 5.06 Å². The Kier molecular flexibility index (Phi) is 7.33. The molecular weight excluding hydrogens is 444 g/mol. The lowest BCUT2D eigenvalue weighted by Crippen LogP contribution is -2.48. The maximum absolute atomic E-state index is 13.7. The Labute approximate surface area is 195 Å². The third-order valence-electron chi connectivity index (χ3n) is 6.11. The minimum atomic E-state index is -3.73. The smallest absolute Gasteiger partial charge is 0.310 e. The molecule has 0 bridgehead atoms. The van der Waals surface area contributed by atoms with Crippen LogP contribution in [-0.2, 0) is 24.4 Å². The predicted molar refractivity (Wildman–Crippen MR) is 123 cm³/mol. The highest BCUT2D eigenvalue weighted by Gasteiger charge is 2.47. The van der Waals surface area contributed by atoms with Crippen LogP contribution in [0.5, 0.6) is 11.5 Å². The van der Waals surface area contributed by atoms with E-state index in [9.17, 15) is 13.2 Å². The summed E-state index contributed by atoms with van der Waals surface area (Å²) in [5.74, 6) is 0.553. The number of esters is 1. The molecule has 0 amide bonds. The van der Waals surface area contributed by atoms with Crippen molar-refractivity contribution in [1.29, 1.82) is 0 Å². The van der Waals surface area contributed by atoms with Crippen LogP contribution in [0.4, 0.5) is 0 Å². The molecule has 4 rings (SSSR count). The van der Waals surface area contributed by atoms with Gasteiger partial charge in [0.2, 0.25) is 10.0 Å².